The van der Waals surface area contributed by atoms with E-state index in [1.807, 2.05) is 19.9 Å². The Morgan fingerprint density at radius 2 is 1.80 bits per heavy atom. The maximum absolute atomic E-state index is 11.6. The van der Waals surface area contributed by atoms with Gasteiger partial charge in [-0.15, -0.1) is 0 Å². The molecule has 0 aromatic heterocycles. The minimum atomic E-state index is -1.72. The number of carbonyl (C=O) groups excluding carboxylic acids is 1. The van der Waals surface area contributed by atoms with E-state index in [1.54, 1.807) is 0 Å². The van der Waals surface area contributed by atoms with E-state index in [4.69, 9.17) is 9.16 Å². The van der Waals surface area contributed by atoms with E-state index in [2.05, 4.69) is 40.8 Å². The molecule has 0 spiro atoms. The summed E-state index contributed by atoms with van der Waals surface area (Å²) in [6.07, 6.45) is 2.95. The summed E-state index contributed by atoms with van der Waals surface area (Å²) in [5, 5.41) is 0.213. The van der Waals surface area contributed by atoms with E-state index in [9.17, 15) is 4.79 Å². The molecule has 0 N–H and O–H groups in total. The molecule has 0 aromatic carbocycles. The molecule has 0 bridgehead atoms. The zero-order chi connectivity index (χ0) is 16.0. The highest BCUT2D eigenvalue weighted by molar-refractivity contribution is 6.74. The average Bonchev–Trinajstić information content (AvgIpc) is 2.32. The van der Waals surface area contributed by atoms with Crippen molar-refractivity contribution in [2.24, 2.45) is 5.92 Å². The number of ether oxygens (including phenoxy) is 1. The molecule has 0 aromatic rings. The largest absolute Gasteiger partial charge is 0.463 e. The Morgan fingerprint density at radius 3 is 2.20 bits per heavy atom. The van der Waals surface area contributed by atoms with Crippen molar-refractivity contribution in [1.82, 2.24) is 0 Å². The van der Waals surface area contributed by atoms with Crippen LogP contribution in [-0.4, -0.2) is 27.5 Å². The van der Waals surface area contributed by atoms with Gasteiger partial charge in [-0.2, -0.15) is 0 Å². The molecular weight excluding hydrogens is 268 g/mol. The summed E-state index contributed by atoms with van der Waals surface area (Å²) in [6.45, 7) is 18.1. The highest BCUT2D eigenvalue weighted by atomic mass is 28.4. The third-order valence-corrected chi connectivity index (χ3v) is 8.57. The van der Waals surface area contributed by atoms with Crippen molar-refractivity contribution in [1.29, 1.82) is 0 Å². The lowest BCUT2D eigenvalue weighted by Crippen LogP contribution is -2.41. The van der Waals surface area contributed by atoms with E-state index in [0.717, 1.165) is 6.42 Å². The summed E-state index contributed by atoms with van der Waals surface area (Å²) >= 11 is 0. The van der Waals surface area contributed by atoms with Gasteiger partial charge in [0, 0.05) is 12.2 Å². The molecule has 1 unspecified atom stereocenters. The zero-order valence-electron chi connectivity index (χ0n) is 14.5. The normalized spacial score (nSPS) is 15.1. The molecule has 0 aliphatic carbocycles. The van der Waals surface area contributed by atoms with E-state index in [0.29, 0.717) is 18.8 Å². The van der Waals surface area contributed by atoms with Crippen molar-refractivity contribution in [2.45, 2.75) is 66.1 Å². The Kier molecular flexibility index (Phi) is 7.74. The van der Waals surface area contributed by atoms with Gasteiger partial charge in [-0.05, 0) is 44.3 Å². The number of hydrogen-bond acceptors (Lipinski definition) is 3. The first-order valence-corrected chi connectivity index (χ1v) is 10.5. The fraction of sp³-hybridized carbons (Fsp3) is 0.812. The second kappa shape index (κ2) is 7.98. The van der Waals surface area contributed by atoms with E-state index < -0.39 is 8.32 Å². The lowest BCUT2D eigenvalue weighted by molar-refractivity contribution is -0.138. The molecule has 0 radical (unpaired) electrons. The van der Waals surface area contributed by atoms with Crippen LogP contribution < -0.4 is 0 Å². The van der Waals surface area contributed by atoms with Crippen LogP contribution in [0.1, 0.15) is 48.0 Å². The van der Waals surface area contributed by atoms with Crippen molar-refractivity contribution >= 4 is 14.3 Å². The molecule has 0 saturated heterocycles. The van der Waals surface area contributed by atoms with Gasteiger partial charge in [0.25, 0.3) is 0 Å². The van der Waals surface area contributed by atoms with Gasteiger partial charge in [0.05, 0.1) is 6.61 Å². The van der Waals surface area contributed by atoms with E-state index in [-0.39, 0.29) is 16.9 Å². The Hall–Kier alpha value is -0.613. The number of carbonyl (C=O) groups is 1. The summed E-state index contributed by atoms with van der Waals surface area (Å²) in [6, 6.07) is 0. The molecule has 0 fully saturated rings. The summed E-state index contributed by atoms with van der Waals surface area (Å²) in [7, 11) is -1.72. The van der Waals surface area contributed by atoms with Crippen LogP contribution in [-0.2, 0) is 14.0 Å². The van der Waals surface area contributed by atoms with Crippen molar-refractivity contribution in [3.63, 3.8) is 0 Å². The molecular formula is C16H32O3Si. The number of rotatable bonds is 7. The first kappa shape index (κ1) is 19.4. The quantitative estimate of drug-likeness (QED) is 0.393. The maximum Gasteiger partial charge on any atom is 0.333 e. The second-order valence-corrected chi connectivity index (χ2v) is 11.6. The van der Waals surface area contributed by atoms with Crippen LogP contribution >= 0.6 is 0 Å². The summed E-state index contributed by atoms with van der Waals surface area (Å²) in [5.41, 5.74) is 0.678. The fourth-order valence-electron chi connectivity index (χ4n) is 1.48. The lowest BCUT2D eigenvalue weighted by Gasteiger charge is -2.37. The van der Waals surface area contributed by atoms with Crippen molar-refractivity contribution in [3.8, 4) is 0 Å². The van der Waals surface area contributed by atoms with Gasteiger partial charge in [0.2, 0.25) is 0 Å². The first-order chi connectivity index (χ1) is 9.05. The van der Waals surface area contributed by atoms with Crippen molar-refractivity contribution < 1.29 is 14.0 Å². The minimum Gasteiger partial charge on any atom is -0.463 e. The molecule has 0 amide bonds. The van der Waals surface area contributed by atoms with Gasteiger partial charge >= 0.3 is 5.97 Å². The van der Waals surface area contributed by atoms with Gasteiger partial charge in [-0.1, -0.05) is 33.8 Å². The Labute approximate surface area is 125 Å². The monoisotopic (exact) mass is 300 g/mol. The predicted octanol–water partition coefficient (Wildman–Crippen LogP) is 4.54. The van der Waals surface area contributed by atoms with Gasteiger partial charge in [0.15, 0.2) is 8.32 Å². The van der Waals surface area contributed by atoms with Crippen molar-refractivity contribution in [2.75, 3.05) is 13.2 Å². The Morgan fingerprint density at radius 1 is 1.25 bits per heavy atom. The standard InChI is InChI=1S/C16H32O3Si/c1-9-14(11-13(3)15(17)18-10-2)12-19-20(7,8)16(4,5)6/h11,14H,9-10,12H2,1-8H3/b13-11+. The number of hydrogen-bond donors (Lipinski definition) is 0. The first-order valence-electron chi connectivity index (χ1n) is 7.54. The summed E-state index contributed by atoms with van der Waals surface area (Å²) in [5.74, 6) is 0.0480. The molecule has 3 nitrogen and oxygen atoms in total. The summed E-state index contributed by atoms with van der Waals surface area (Å²) < 4.78 is 11.2. The lowest BCUT2D eigenvalue weighted by atomic mass is 10.0. The fourth-order valence-corrected chi connectivity index (χ4v) is 2.55. The number of esters is 1. The van der Waals surface area contributed by atoms with Gasteiger partial charge < -0.3 is 9.16 Å². The van der Waals surface area contributed by atoms with Gasteiger partial charge in [-0.25, -0.2) is 4.79 Å². The minimum absolute atomic E-state index is 0.213. The molecule has 0 aliphatic rings. The van der Waals surface area contributed by atoms with E-state index >= 15 is 0 Å². The average molecular weight is 301 g/mol. The molecule has 118 valence electrons. The van der Waals surface area contributed by atoms with Crippen LogP contribution in [0.5, 0.6) is 0 Å². The zero-order valence-corrected chi connectivity index (χ0v) is 15.5. The smallest absolute Gasteiger partial charge is 0.333 e. The molecule has 0 saturated carbocycles. The molecule has 0 rings (SSSR count). The molecule has 1 atom stereocenters. The summed E-state index contributed by atoms with van der Waals surface area (Å²) in [4.78, 5) is 11.6. The van der Waals surface area contributed by atoms with Crippen LogP contribution in [0.15, 0.2) is 11.6 Å². The Bertz CT molecular complexity index is 340. The second-order valence-electron chi connectivity index (χ2n) is 6.81. The molecule has 0 aliphatic heterocycles. The van der Waals surface area contributed by atoms with Gasteiger partial charge in [0.1, 0.15) is 0 Å². The molecule has 0 heterocycles. The van der Waals surface area contributed by atoms with E-state index in [1.165, 1.54) is 0 Å². The topological polar surface area (TPSA) is 35.5 Å². The van der Waals surface area contributed by atoms with Crippen LogP contribution in [0, 0.1) is 5.92 Å². The SMILES string of the molecule is CCOC(=O)/C(C)=C/C(CC)CO[Si](C)(C)C(C)(C)C. The highest BCUT2D eigenvalue weighted by Gasteiger charge is 2.37. The van der Waals surface area contributed by atoms with Crippen LogP contribution in [0.3, 0.4) is 0 Å². The predicted molar refractivity (Wildman–Crippen MR) is 87.3 cm³/mol. The third kappa shape index (κ3) is 6.22. The maximum atomic E-state index is 11.6. The third-order valence-electron chi connectivity index (χ3n) is 4.07. The Balaban J connectivity index is 4.65. The molecule has 4 heteroatoms. The molecule has 20 heavy (non-hydrogen) atoms. The van der Waals surface area contributed by atoms with Crippen molar-refractivity contribution in [3.05, 3.63) is 11.6 Å². The van der Waals surface area contributed by atoms with Crippen LogP contribution in [0.4, 0.5) is 0 Å². The van der Waals surface area contributed by atoms with Gasteiger partial charge in [-0.3, -0.25) is 0 Å². The highest BCUT2D eigenvalue weighted by Crippen LogP contribution is 2.36. The van der Waals surface area contributed by atoms with Crippen LogP contribution in [0.2, 0.25) is 18.1 Å². The van der Waals surface area contributed by atoms with Crippen LogP contribution in [0.25, 0.3) is 0 Å².